The summed E-state index contributed by atoms with van der Waals surface area (Å²) in [6.07, 6.45) is 5.32. The first-order chi connectivity index (χ1) is 15.2. The molecule has 1 unspecified atom stereocenters. The number of para-hydroxylation sites is 1. The summed E-state index contributed by atoms with van der Waals surface area (Å²) in [5, 5.41) is 4.88. The minimum Gasteiger partial charge on any atom is -0.497 e. The van der Waals surface area contributed by atoms with Crippen LogP contribution in [0.5, 0.6) is 11.5 Å². The van der Waals surface area contributed by atoms with Crippen LogP contribution in [0.4, 0.5) is 0 Å². The van der Waals surface area contributed by atoms with Gasteiger partial charge in [-0.3, -0.25) is 4.99 Å². The van der Waals surface area contributed by atoms with E-state index in [9.17, 15) is 0 Å². The Kier molecular flexibility index (Phi) is 8.67. The van der Waals surface area contributed by atoms with Crippen molar-refractivity contribution in [2.24, 2.45) is 4.99 Å². The van der Waals surface area contributed by atoms with Crippen molar-refractivity contribution in [2.75, 3.05) is 40.9 Å². The summed E-state index contributed by atoms with van der Waals surface area (Å²) >= 11 is 0. The maximum Gasteiger partial charge on any atom is 0.193 e. The lowest BCUT2D eigenvalue weighted by Crippen LogP contribution is -2.40. The van der Waals surface area contributed by atoms with E-state index in [1.165, 1.54) is 22.0 Å². The van der Waals surface area contributed by atoms with E-state index in [-0.39, 0.29) is 24.0 Å². The van der Waals surface area contributed by atoms with Gasteiger partial charge in [-0.1, -0.05) is 18.2 Å². The molecular weight excluding hydrogens is 515 g/mol. The first-order valence-corrected chi connectivity index (χ1v) is 11.0. The molecule has 1 fully saturated rings. The van der Waals surface area contributed by atoms with Crippen LogP contribution in [-0.4, -0.2) is 56.7 Å². The molecule has 32 heavy (non-hydrogen) atoms. The molecule has 0 amide bonds. The number of methoxy groups -OCH3 is 2. The number of aromatic nitrogens is 1. The van der Waals surface area contributed by atoms with Crippen LogP contribution < -0.4 is 14.8 Å². The smallest absolute Gasteiger partial charge is 0.193 e. The summed E-state index contributed by atoms with van der Waals surface area (Å²) in [6, 6.07) is 14.6. The van der Waals surface area contributed by atoms with Crippen LogP contribution in [-0.2, 0) is 6.42 Å². The Balaban J connectivity index is 0.00000289. The predicted molar refractivity (Wildman–Crippen MR) is 142 cm³/mol. The molecular formula is C25H33IN4O2. The molecule has 0 aliphatic carbocycles. The normalized spacial score (nSPS) is 16.2. The maximum absolute atomic E-state index is 5.44. The summed E-state index contributed by atoms with van der Waals surface area (Å²) < 4.78 is 10.9. The molecule has 3 aromatic rings. The number of aromatic amines is 1. The van der Waals surface area contributed by atoms with Crippen LogP contribution in [0, 0.1) is 0 Å². The molecule has 7 heteroatoms. The number of hydrogen-bond donors (Lipinski definition) is 2. The second-order valence-corrected chi connectivity index (χ2v) is 8.01. The van der Waals surface area contributed by atoms with Gasteiger partial charge in [0.25, 0.3) is 0 Å². The fourth-order valence-corrected chi connectivity index (χ4v) is 4.44. The van der Waals surface area contributed by atoms with Crippen molar-refractivity contribution < 1.29 is 9.47 Å². The Morgan fingerprint density at radius 2 is 1.91 bits per heavy atom. The van der Waals surface area contributed by atoms with Crippen LogP contribution in [0.25, 0.3) is 10.9 Å². The minimum absolute atomic E-state index is 0. The lowest BCUT2D eigenvalue weighted by atomic mass is 9.98. The number of fused-ring (bicyclic) bond motifs is 1. The number of guanidine groups is 1. The molecule has 6 nitrogen and oxygen atoms in total. The van der Waals surface area contributed by atoms with Gasteiger partial charge in [-0.2, -0.15) is 0 Å². The zero-order valence-electron chi connectivity index (χ0n) is 19.1. The highest BCUT2D eigenvalue weighted by Crippen LogP contribution is 2.32. The second kappa shape index (κ2) is 11.4. The van der Waals surface area contributed by atoms with Crippen molar-refractivity contribution in [1.82, 2.24) is 15.2 Å². The Hall–Kier alpha value is -2.42. The lowest BCUT2D eigenvalue weighted by molar-refractivity contribution is 0.392. The van der Waals surface area contributed by atoms with Gasteiger partial charge in [0.15, 0.2) is 5.96 Å². The summed E-state index contributed by atoms with van der Waals surface area (Å²) in [5.41, 5.74) is 3.84. The van der Waals surface area contributed by atoms with Crippen molar-refractivity contribution >= 4 is 40.8 Å². The minimum atomic E-state index is 0. The van der Waals surface area contributed by atoms with Gasteiger partial charge in [0.1, 0.15) is 11.5 Å². The first kappa shape index (κ1) is 24.2. The van der Waals surface area contributed by atoms with E-state index < -0.39 is 0 Å². The molecule has 0 bridgehead atoms. The molecule has 1 saturated heterocycles. The average molecular weight is 548 g/mol. The zero-order valence-corrected chi connectivity index (χ0v) is 21.4. The van der Waals surface area contributed by atoms with Crippen molar-refractivity contribution in [2.45, 2.75) is 25.2 Å². The van der Waals surface area contributed by atoms with E-state index in [1.54, 1.807) is 14.2 Å². The standard InChI is InChI=1S/C25H32N4O2.HI/c1-26-25(27-11-6-7-18-16-28-24-9-5-4-8-23(18)24)29-12-10-19(17-29)20-13-21(30-2)15-22(14-20)31-3;/h4-5,8-9,13-16,19,28H,6-7,10-12,17H2,1-3H3,(H,26,27);1H. The number of nitrogens with zero attached hydrogens (tertiary/aromatic N) is 2. The fourth-order valence-electron chi connectivity index (χ4n) is 4.44. The van der Waals surface area contributed by atoms with E-state index >= 15 is 0 Å². The third kappa shape index (κ3) is 5.49. The third-order valence-corrected chi connectivity index (χ3v) is 6.13. The first-order valence-electron chi connectivity index (χ1n) is 11.0. The number of nitrogens with one attached hydrogen (secondary N) is 2. The molecule has 0 radical (unpaired) electrons. The maximum atomic E-state index is 5.44. The van der Waals surface area contributed by atoms with E-state index in [0.29, 0.717) is 5.92 Å². The zero-order chi connectivity index (χ0) is 21.6. The van der Waals surface area contributed by atoms with Crippen LogP contribution >= 0.6 is 24.0 Å². The average Bonchev–Trinajstić information content (AvgIpc) is 3.46. The quantitative estimate of drug-likeness (QED) is 0.193. The summed E-state index contributed by atoms with van der Waals surface area (Å²) in [5.74, 6) is 3.10. The summed E-state index contributed by atoms with van der Waals surface area (Å²) in [4.78, 5) is 10.2. The number of likely N-dealkylation sites (tertiary alicyclic amines) is 1. The van der Waals surface area contributed by atoms with Crippen LogP contribution in [0.15, 0.2) is 53.7 Å². The third-order valence-electron chi connectivity index (χ3n) is 6.13. The Bertz CT molecular complexity index is 1030. The van der Waals surface area contributed by atoms with Gasteiger partial charge in [0.05, 0.1) is 14.2 Å². The molecule has 1 aromatic heterocycles. The second-order valence-electron chi connectivity index (χ2n) is 8.01. The summed E-state index contributed by atoms with van der Waals surface area (Å²) in [7, 11) is 5.26. The van der Waals surface area contributed by atoms with Gasteiger partial charge >= 0.3 is 0 Å². The number of hydrogen-bond acceptors (Lipinski definition) is 3. The van der Waals surface area contributed by atoms with Crippen molar-refractivity contribution in [3.8, 4) is 11.5 Å². The van der Waals surface area contributed by atoms with Gasteiger partial charge in [0, 0.05) is 55.8 Å². The van der Waals surface area contributed by atoms with Crippen molar-refractivity contribution in [3.05, 3.63) is 59.8 Å². The number of benzene rings is 2. The highest BCUT2D eigenvalue weighted by Gasteiger charge is 2.26. The number of halogens is 1. The van der Waals surface area contributed by atoms with Crippen molar-refractivity contribution in [3.63, 3.8) is 0 Å². The number of H-pyrrole nitrogens is 1. The Morgan fingerprint density at radius 1 is 1.16 bits per heavy atom. The molecule has 2 aromatic carbocycles. The van der Waals surface area contributed by atoms with Crippen LogP contribution in [0.2, 0.25) is 0 Å². The molecule has 1 aliphatic rings. The molecule has 172 valence electrons. The van der Waals surface area contributed by atoms with Gasteiger partial charge in [0.2, 0.25) is 0 Å². The van der Waals surface area contributed by atoms with E-state index in [1.807, 2.05) is 13.1 Å². The molecule has 2 N–H and O–H groups in total. The topological polar surface area (TPSA) is 61.9 Å². The van der Waals surface area contributed by atoms with Gasteiger partial charge < -0.3 is 24.7 Å². The highest BCUT2D eigenvalue weighted by molar-refractivity contribution is 14.0. The van der Waals surface area contributed by atoms with Gasteiger partial charge in [-0.15, -0.1) is 24.0 Å². The van der Waals surface area contributed by atoms with Crippen molar-refractivity contribution in [1.29, 1.82) is 0 Å². The van der Waals surface area contributed by atoms with Crippen LogP contribution in [0.3, 0.4) is 0 Å². The molecule has 1 atom stereocenters. The monoisotopic (exact) mass is 548 g/mol. The number of ether oxygens (including phenoxy) is 2. The number of aryl methyl sites for hydroxylation is 1. The molecule has 2 heterocycles. The lowest BCUT2D eigenvalue weighted by Gasteiger charge is -2.22. The summed E-state index contributed by atoms with van der Waals surface area (Å²) in [6.45, 7) is 2.84. The highest BCUT2D eigenvalue weighted by atomic mass is 127. The Morgan fingerprint density at radius 3 is 2.62 bits per heavy atom. The number of rotatable bonds is 7. The fraction of sp³-hybridized carbons (Fsp3) is 0.400. The number of aliphatic imine (C=N–C) groups is 1. The van der Waals surface area contributed by atoms with E-state index in [0.717, 1.165) is 56.4 Å². The predicted octanol–water partition coefficient (Wildman–Crippen LogP) is 4.80. The van der Waals surface area contributed by atoms with E-state index in [4.69, 9.17) is 9.47 Å². The molecule has 4 rings (SSSR count). The Labute approximate surface area is 207 Å². The van der Waals surface area contributed by atoms with Crippen LogP contribution in [0.1, 0.15) is 29.9 Å². The van der Waals surface area contributed by atoms with E-state index in [2.05, 4.69) is 62.8 Å². The van der Waals surface area contributed by atoms with Gasteiger partial charge in [-0.25, -0.2) is 0 Å². The molecule has 0 saturated carbocycles. The molecule has 1 aliphatic heterocycles. The van der Waals surface area contributed by atoms with Gasteiger partial charge in [-0.05, 0) is 48.6 Å². The molecule has 0 spiro atoms. The SMILES string of the molecule is CN=C(NCCCc1c[nH]c2ccccc12)N1CCC(c2cc(OC)cc(OC)c2)C1.I. The largest absolute Gasteiger partial charge is 0.497 e.